The van der Waals surface area contributed by atoms with Gasteiger partial charge >= 0.3 is 0 Å². The van der Waals surface area contributed by atoms with Crippen LogP contribution < -0.4 is 10.0 Å². The Labute approximate surface area is 127 Å². The second-order valence-electron chi connectivity index (χ2n) is 5.88. The van der Waals surface area contributed by atoms with E-state index in [-0.39, 0.29) is 4.90 Å². The molecule has 1 aromatic heterocycles. The molecule has 1 aliphatic rings. The molecular weight excluding hydrogens is 286 g/mol. The molecule has 1 heterocycles. The largest absolute Gasteiger partial charge is 0.370 e. The Morgan fingerprint density at radius 2 is 2.00 bits per heavy atom. The zero-order chi connectivity index (χ0) is 15.3. The van der Waals surface area contributed by atoms with Crippen LogP contribution in [0, 0.1) is 11.8 Å². The van der Waals surface area contributed by atoms with Crippen LogP contribution in [0.15, 0.2) is 23.2 Å². The van der Waals surface area contributed by atoms with E-state index < -0.39 is 10.0 Å². The molecule has 6 heteroatoms. The highest BCUT2D eigenvalue weighted by Gasteiger charge is 2.21. The lowest BCUT2D eigenvalue weighted by Crippen LogP contribution is -2.31. The summed E-state index contributed by atoms with van der Waals surface area (Å²) in [5, 5.41) is 3.03. The van der Waals surface area contributed by atoms with Crippen LogP contribution in [0.25, 0.3) is 0 Å². The molecule has 2 N–H and O–H groups in total. The van der Waals surface area contributed by atoms with Gasteiger partial charge in [-0.05, 0) is 37.7 Å². The van der Waals surface area contributed by atoms with E-state index in [9.17, 15) is 8.42 Å². The molecule has 2 rings (SSSR count). The number of nitrogens with zero attached hydrogens (tertiary/aromatic N) is 1. The molecular formula is C15H25N3O2S. The van der Waals surface area contributed by atoms with Crippen LogP contribution in [-0.4, -0.2) is 26.5 Å². The Hall–Kier alpha value is -1.14. The number of sulfonamides is 1. The molecule has 118 valence electrons. The summed E-state index contributed by atoms with van der Waals surface area (Å²) in [6.45, 7) is 5.46. The molecule has 0 unspecified atom stereocenters. The van der Waals surface area contributed by atoms with Crippen LogP contribution in [0.4, 0.5) is 5.82 Å². The highest BCUT2D eigenvalue weighted by molar-refractivity contribution is 7.89. The smallest absolute Gasteiger partial charge is 0.240 e. The first-order valence-electron chi connectivity index (χ1n) is 7.71. The summed E-state index contributed by atoms with van der Waals surface area (Å²) in [4.78, 5) is 4.37. The number of aromatic nitrogens is 1. The van der Waals surface area contributed by atoms with Gasteiger partial charge in [-0.25, -0.2) is 18.1 Å². The van der Waals surface area contributed by atoms with E-state index in [0.717, 1.165) is 18.8 Å². The Balaban J connectivity index is 1.96. The van der Waals surface area contributed by atoms with Crippen molar-refractivity contribution in [2.45, 2.75) is 44.4 Å². The molecule has 0 atom stereocenters. The zero-order valence-corrected chi connectivity index (χ0v) is 13.6. The minimum Gasteiger partial charge on any atom is -0.370 e. The maximum Gasteiger partial charge on any atom is 0.240 e. The SMILES string of the molecule is CCNc1cc(S(=O)(=O)NCC2CCC(C)CC2)ccn1. The third kappa shape index (κ3) is 4.68. The van der Waals surface area contributed by atoms with Crippen molar-refractivity contribution in [3.63, 3.8) is 0 Å². The van der Waals surface area contributed by atoms with E-state index >= 15 is 0 Å². The van der Waals surface area contributed by atoms with Crippen molar-refractivity contribution >= 4 is 15.8 Å². The van der Waals surface area contributed by atoms with E-state index in [0.29, 0.717) is 24.8 Å². The molecule has 0 saturated heterocycles. The summed E-state index contributed by atoms with van der Waals surface area (Å²) in [6.07, 6.45) is 6.15. The lowest BCUT2D eigenvalue weighted by molar-refractivity contribution is 0.290. The Morgan fingerprint density at radius 1 is 1.29 bits per heavy atom. The van der Waals surface area contributed by atoms with E-state index in [1.165, 1.54) is 25.1 Å². The van der Waals surface area contributed by atoms with Gasteiger partial charge in [0.1, 0.15) is 5.82 Å². The first kappa shape index (κ1) is 16.2. The molecule has 0 aliphatic heterocycles. The molecule has 0 radical (unpaired) electrons. The van der Waals surface area contributed by atoms with Crippen molar-refractivity contribution in [3.8, 4) is 0 Å². The van der Waals surface area contributed by atoms with Crippen LogP contribution in [0.1, 0.15) is 39.5 Å². The molecule has 1 aromatic rings. The van der Waals surface area contributed by atoms with Gasteiger partial charge in [0, 0.05) is 25.4 Å². The van der Waals surface area contributed by atoms with Gasteiger partial charge in [0.2, 0.25) is 10.0 Å². The van der Waals surface area contributed by atoms with Crippen molar-refractivity contribution in [2.24, 2.45) is 11.8 Å². The van der Waals surface area contributed by atoms with Crippen LogP contribution >= 0.6 is 0 Å². The quantitative estimate of drug-likeness (QED) is 0.847. The number of hydrogen-bond donors (Lipinski definition) is 2. The molecule has 0 aromatic carbocycles. The predicted molar refractivity (Wildman–Crippen MR) is 84.7 cm³/mol. The summed E-state index contributed by atoms with van der Waals surface area (Å²) >= 11 is 0. The van der Waals surface area contributed by atoms with Crippen molar-refractivity contribution in [2.75, 3.05) is 18.4 Å². The second-order valence-corrected chi connectivity index (χ2v) is 7.65. The number of rotatable bonds is 6. The normalized spacial score (nSPS) is 23.0. The lowest BCUT2D eigenvalue weighted by atomic mass is 9.83. The van der Waals surface area contributed by atoms with Crippen molar-refractivity contribution < 1.29 is 8.42 Å². The maximum atomic E-state index is 12.3. The molecule has 1 saturated carbocycles. The fourth-order valence-corrected chi connectivity index (χ4v) is 3.83. The minimum absolute atomic E-state index is 0.276. The minimum atomic E-state index is -3.44. The topological polar surface area (TPSA) is 71.1 Å². The van der Waals surface area contributed by atoms with Gasteiger partial charge in [-0.2, -0.15) is 0 Å². The molecule has 21 heavy (non-hydrogen) atoms. The number of nitrogens with one attached hydrogen (secondary N) is 2. The van der Waals surface area contributed by atoms with Crippen molar-refractivity contribution in [3.05, 3.63) is 18.3 Å². The van der Waals surface area contributed by atoms with Gasteiger partial charge in [-0.1, -0.05) is 19.8 Å². The summed E-state index contributed by atoms with van der Waals surface area (Å²) < 4.78 is 27.4. The van der Waals surface area contributed by atoms with E-state index in [4.69, 9.17) is 0 Å². The highest BCUT2D eigenvalue weighted by Crippen LogP contribution is 2.28. The van der Waals surface area contributed by atoms with Crippen LogP contribution in [0.5, 0.6) is 0 Å². The Morgan fingerprint density at radius 3 is 2.67 bits per heavy atom. The van der Waals surface area contributed by atoms with Gasteiger partial charge in [0.25, 0.3) is 0 Å². The molecule has 0 amide bonds. The van der Waals surface area contributed by atoms with Gasteiger partial charge in [-0.3, -0.25) is 0 Å². The van der Waals surface area contributed by atoms with Crippen LogP contribution in [-0.2, 0) is 10.0 Å². The third-order valence-electron chi connectivity index (χ3n) is 4.10. The lowest BCUT2D eigenvalue weighted by Gasteiger charge is -2.26. The second kappa shape index (κ2) is 7.22. The summed E-state index contributed by atoms with van der Waals surface area (Å²) in [5.41, 5.74) is 0. The van der Waals surface area contributed by atoms with Crippen LogP contribution in [0.2, 0.25) is 0 Å². The molecule has 0 spiro atoms. The first-order valence-corrected chi connectivity index (χ1v) is 9.19. The van der Waals surface area contributed by atoms with Crippen molar-refractivity contribution in [1.82, 2.24) is 9.71 Å². The van der Waals surface area contributed by atoms with E-state index in [1.54, 1.807) is 6.07 Å². The third-order valence-corrected chi connectivity index (χ3v) is 5.52. The van der Waals surface area contributed by atoms with Gasteiger partial charge in [0.05, 0.1) is 4.90 Å². The number of pyridine rings is 1. The summed E-state index contributed by atoms with van der Waals surface area (Å²) in [6, 6.07) is 3.11. The van der Waals surface area contributed by atoms with Gasteiger partial charge in [0.15, 0.2) is 0 Å². The fraction of sp³-hybridized carbons (Fsp3) is 0.667. The zero-order valence-electron chi connectivity index (χ0n) is 12.8. The standard InChI is InChI=1S/C15H25N3O2S/c1-3-16-15-10-14(8-9-17-15)21(19,20)18-11-13-6-4-12(2)5-7-13/h8-10,12-13,18H,3-7,11H2,1-2H3,(H,16,17). The monoisotopic (exact) mass is 311 g/mol. The first-order chi connectivity index (χ1) is 10.0. The van der Waals surface area contributed by atoms with Crippen LogP contribution in [0.3, 0.4) is 0 Å². The average molecular weight is 311 g/mol. The van der Waals surface area contributed by atoms with Gasteiger partial charge < -0.3 is 5.32 Å². The Kier molecular flexibility index (Phi) is 5.58. The summed E-state index contributed by atoms with van der Waals surface area (Å²) in [7, 11) is -3.44. The molecule has 5 nitrogen and oxygen atoms in total. The molecule has 1 aliphatic carbocycles. The number of anilines is 1. The Bertz CT molecular complexity index is 552. The maximum absolute atomic E-state index is 12.3. The fourth-order valence-electron chi connectivity index (χ4n) is 2.70. The highest BCUT2D eigenvalue weighted by atomic mass is 32.2. The average Bonchev–Trinajstić information content (AvgIpc) is 2.47. The molecule has 1 fully saturated rings. The van der Waals surface area contributed by atoms with Gasteiger partial charge in [-0.15, -0.1) is 0 Å². The predicted octanol–water partition coefficient (Wildman–Crippen LogP) is 2.62. The van der Waals surface area contributed by atoms with E-state index in [1.807, 2.05) is 6.92 Å². The molecule has 0 bridgehead atoms. The van der Waals surface area contributed by atoms with E-state index in [2.05, 4.69) is 21.9 Å². The number of hydrogen-bond acceptors (Lipinski definition) is 4. The summed E-state index contributed by atoms with van der Waals surface area (Å²) in [5.74, 6) is 1.83. The van der Waals surface area contributed by atoms with Crippen molar-refractivity contribution in [1.29, 1.82) is 0 Å².